The Hall–Kier alpha value is -3.35. The van der Waals surface area contributed by atoms with Gasteiger partial charge in [0.2, 0.25) is 0 Å². The van der Waals surface area contributed by atoms with Crippen molar-refractivity contribution in [1.29, 1.82) is 0 Å². The van der Waals surface area contributed by atoms with Crippen LogP contribution in [0.25, 0.3) is 10.9 Å². The lowest BCUT2D eigenvalue weighted by Crippen LogP contribution is -2.45. The standard InChI is InChI=1S/C25H28FN3O3/c1-2-32-24(30)16-29-22-10-8-18(26)14-20(22)21-15-19(9-11-23(21)29)28-25(31)27-13-12-17-6-4-3-5-7-17/h3-8,10,14,19H,2,9,11-13,15-16H2,1H3,(H2,27,28,31)/t19-/m0/s1. The van der Waals surface area contributed by atoms with Crippen molar-refractivity contribution in [2.24, 2.45) is 0 Å². The molecule has 32 heavy (non-hydrogen) atoms. The van der Waals surface area contributed by atoms with E-state index >= 15 is 0 Å². The van der Waals surface area contributed by atoms with Gasteiger partial charge in [0.15, 0.2) is 0 Å². The van der Waals surface area contributed by atoms with Crippen LogP contribution in [0.3, 0.4) is 0 Å². The van der Waals surface area contributed by atoms with Crippen LogP contribution in [-0.2, 0) is 35.3 Å². The maximum Gasteiger partial charge on any atom is 0.325 e. The zero-order valence-electron chi connectivity index (χ0n) is 18.2. The SMILES string of the molecule is CCOC(=O)Cn1c2c(c3cc(F)ccc31)C[C@@H](NC(=O)NCCc1ccccc1)CC2. The molecule has 2 N–H and O–H groups in total. The molecule has 0 spiro atoms. The van der Waals surface area contributed by atoms with Gasteiger partial charge in [0.25, 0.3) is 0 Å². The second-order valence-corrected chi connectivity index (χ2v) is 8.05. The third-order valence-electron chi connectivity index (χ3n) is 5.90. The Kier molecular flexibility index (Phi) is 6.73. The quantitative estimate of drug-likeness (QED) is 0.553. The van der Waals surface area contributed by atoms with E-state index in [9.17, 15) is 14.0 Å². The molecule has 0 saturated heterocycles. The zero-order valence-corrected chi connectivity index (χ0v) is 18.2. The number of rotatable bonds is 7. The van der Waals surface area contributed by atoms with Crippen LogP contribution in [0, 0.1) is 5.82 Å². The summed E-state index contributed by atoms with van der Waals surface area (Å²) in [5, 5.41) is 6.76. The van der Waals surface area contributed by atoms with Crippen molar-refractivity contribution in [3.63, 3.8) is 0 Å². The van der Waals surface area contributed by atoms with Gasteiger partial charge in [-0.3, -0.25) is 4.79 Å². The highest BCUT2D eigenvalue weighted by Crippen LogP contribution is 2.33. The minimum atomic E-state index is -0.317. The largest absolute Gasteiger partial charge is 0.465 e. The highest BCUT2D eigenvalue weighted by atomic mass is 19.1. The van der Waals surface area contributed by atoms with Gasteiger partial charge >= 0.3 is 12.0 Å². The van der Waals surface area contributed by atoms with Crippen molar-refractivity contribution < 1.29 is 18.7 Å². The van der Waals surface area contributed by atoms with E-state index in [2.05, 4.69) is 10.6 Å². The normalized spacial score (nSPS) is 15.2. The summed E-state index contributed by atoms with van der Waals surface area (Å²) < 4.78 is 21.1. The summed E-state index contributed by atoms with van der Waals surface area (Å²) in [4.78, 5) is 24.5. The number of urea groups is 1. The summed E-state index contributed by atoms with van der Waals surface area (Å²) >= 11 is 0. The first-order chi connectivity index (χ1) is 15.5. The van der Waals surface area contributed by atoms with Crippen LogP contribution in [-0.4, -0.2) is 35.8 Å². The van der Waals surface area contributed by atoms with Crippen molar-refractivity contribution in [1.82, 2.24) is 15.2 Å². The highest BCUT2D eigenvalue weighted by molar-refractivity contribution is 5.87. The Morgan fingerprint density at radius 3 is 2.78 bits per heavy atom. The fourth-order valence-electron chi connectivity index (χ4n) is 4.46. The number of esters is 1. The topological polar surface area (TPSA) is 72.4 Å². The molecule has 1 heterocycles. The third-order valence-corrected chi connectivity index (χ3v) is 5.90. The van der Waals surface area contributed by atoms with Crippen molar-refractivity contribution in [3.05, 3.63) is 71.2 Å². The average Bonchev–Trinajstić information content (AvgIpc) is 3.07. The molecule has 2 aromatic carbocycles. The lowest BCUT2D eigenvalue weighted by Gasteiger charge is -2.25. The highest BCUT2D eigenvalue weighted by Gasteiger charge is 2.27. The fraction of sp³-hybridized carbons (Fsp3) is 0.360. The average molecular weight is 438 g/mol. The minimum absolute atomic E-state index is 0.0517. The van der Waals surface area contributed by atoms with E-state index in [-0.39, 0.29) is 30.4 Å². The molecule has 0 radical (unpaired) electrons. The van der Waals surface area contributed by atoms with Crippen LogP contribution in [0.15, 0.2) is 48.5 Å². The number of nitrogens with one attached hydrogen (secondary N) is 2. The van der Waals surface area contributed by atoms with Gasteiger partial charge in [-0.1, -0.05) is 30.3 Å². The lowest BCUT2D eigenvalue weighted by molar-refractivity contribution is -0.143. The van der Waals surface area contributed by atoms with Crippen molar-refractivity contribution in [3.8, 4) is 0 Å². The first-order valence-corrected chi connectivity index (χ1v) is 11.1. The predicted molar refractivity (Wildman–Crippen MR) is 121 cm³/mol. The monoisotopic (exact) mass is 437 g/mol. The smallest absolute Gasteiger partial charge is 0.325 e. The van der Waals surface area contributed by atoms with Gasteiger partial charge in [0, 0.05) is 29.2 Å². The van der Waals surface area contributed by atoms with Gasteiger partial charge < -0.3 is 19.9 Å². The fourth-order valence-corrected chi connectivity index (χ4v) is 4.46. The first kappa shape index (κ1) is 21.9. The Bertz CT molecular complexity index is 1110. The Balaban J connectivity index is 1.44. The molecule has 1 atom stereocenters. The molecule has 0 unspecified atom stereocenters. The van der Waals surface area contributed by atoms with Gasteiger partial charge in [0.05, 0.1) is 6.61 Å². The van der Waals surface area contributed by atoms with Gasteiger partial charge in [-0.05, 0) is 61.9 Å². The zero-order chi connectivity index (χ0) is 22.5. The molecule has 0 saturated carbocycles. The summed E-state index contributed by atoms with van der Waals surface area (Å²) in [6.07, 6.45) is 2.81. The van der Waals surface area contributed by atoms with E-state index < -0.39 is 0 Å². The number of hydrogen-bond acceptors (Lipinski definition) is 3. The van der Waals surface area contributed by atoms with E-state index in [1.807, 2.05) is 34.9 Å². The Morgan fingerprint density at radius 1 is 1.19 bits per heavy atom. The molecule has 0 fully saturated rings. The molecular weight excluding hydrogens is 409 g/mol. The molecule has 7 heteroatoms. The Morgan fingerprint density at radius 2 is 2.00 bits per heavy atom. The van der Waals surface area contributed by atoms with Crippen molar-refractivity contribution in [2.75, 3.05) is 13.2 Å². The number of aromatic nitrogens is 1. The van der Waals surface area contributed by atoms with Gasteiger partial charge in [-0.25, -0.2) is 9.18 Å². The number of amides is 2. The maximum atomic E-state index is 14.0. The molecule has 1 aromatic heterocycles. The molecule has 3 aromatic rings. The number of hydrogen-bond donors (Lipinski definition) is 2. The number of ether oxygens (including phenoxy) is 1. The predicted octanol–water partition coefficient (Wildman–Crippen LogP) is 3.74. The number of fused-ring (bicyclic) bond motifs is 3. The molecular formula is C25H28FN3O3. The van der Waals surface area contributed by atoms with Gasteiger partial charge in [-0.15, -0.1) is 0 Å². The van der Waals surface area contributed by atoms with E-state index in [1.54, 1.807) is 13.0 Å². The molecule has 168 valence electrons. The van der Waals surface area contributed by atoms with Crippen LogP contribution >= 0.6 is 0 Å². The molecule has 6 nitrogen and oxygen atoms in total. The molecule has 2 amide bonds. The van der Waals surface area contributed by atoms with E-state index in [1.165, 1.54) is 17.7 Å². The number of halogens is 1. The molecule has 1 aliphatic carbocycles. The lowest BCUT2D eigenvalue weighted by atomic mass is 9.91. The van der Waals surface area contributed by atoms with Crippen LogP contribution < -0.4 is 10.6 Å². The van der Waals surface area contributed by atoms with Crippen molar-refractivity contribution in [2.45, 2.75) is 45.2 Å². The van der Waals surface area contributed by atoms with Gasteiger partial charge in [-0.2, -0.15) is 0 Å². The third kappa shape index (κ3) is 4.93. The summed E-state index contributed by atoms with van der Waals surface area (Å²) in [5.74, 6) is -0.628. The molecule has 0 aliphatic heterocycles. The summed E-state index contributed by atoms with van der Waals surface area (Å²) in [5.41, 5.74) is 4.00. The van der Waals surface area contributed by atoms with Crippen molar-refractivity contribution >= 4 is 22.9 Å². The number of nitrogens with zero attached hydrogens (tertiary/aromatic N) is 1. The Labute approximate surface area is 186 Å². The first-order valence-electron chi connectivity index (χ1n) is 11.1. The number of benzene rings is 2. The van der Waals surface area contributed by atoms with E-state index in [4.69, 9.17) is 4.74 Å². The summed E-state index contributed by atoms with van der Waals surface area (Å²) in [6.45, 7) is 2.75. The van der Waals surface area contributed by atoms with Crippen LogP contribution in [0.1, 0.15) is 30.2 Å². The molecule has 0 bridgehead atoms. The number of carbonyl (C=O) groups is 2. The molecule has 1 aliphatic rings. The summed E-state index contributed by atoms with van der Waals surface area (Å²) in [7, 11) is 0. The van der Waals surface area contributed by atoms with Crippen LogP contribution in [0.2, 0.25) is 0 Å². The number of carbonyl (C=O) groups excluding carboxylic acids is 2. The maximum absolute atomic E-state index is 14.0. The van der Waals surface area contributed by atoms with Crippen LogP contribution in [0.5, 0.6) is 0 Å². The van der Waals surface area contributed by atoms with E-state index in [0.29, 0.717) is 26.0 Å². The minimum Gasteiger partial charge on any atom is -0.465 e. The van der Waals surface area contributed by atoms with Gasteiger partial charge in [0.1, 0.15) is 12.4 Å². The summed E-state index contributed by atoms with van der Waals surface area (Å²) in [6, 6.07) is 14.4. The second kappa shape index (κ2) is 9.85. The second-order valence-electron chi connectivity index (χ2n) is 8.05. The van der Waals surface area contributed by atoms with E-state index in [0.717, 1.165) is 35.0 Å². The molecule has 4 rings (SSSR count). The van der Waals surface area contributed by atoms with Crippen LogP contribution in [0.4, 0.5) is 9.18 Å².